The fourth-order valence-corrected chi connectivity index (χ4v) is 2.96. The Labute approximate surface area is 127 Å². The summed E-state index contributed by atoms with van der Waals surface area (Å²) in [6, 6.07) is 6.43. The zero-order valence-electron chi connectivity index (χ0n) is 12.1. The maximum Gasteiger partial charge on any atom is 0.322 e. The van der Waals surface area contributed by atoms with Gasteiger partial charge in [0.05, 0.1) is 0 Å². The van der Waals surface area contributed by atoms with Crippen molar-refractivity contribution in [1.29, 1.82) is 0 Å². The Morgan fingerprint density at radius 2 is 1.77 bits per heavy atom. The Kier molecular flexibility index (Phi) is 3.60. The third kappa shape index (κ3) is 3.10. The molecule has 2 saturated carbocycles. The van der Waals surface area contributed by atoms with Crippen LogP contribution in [-0.2, 0) is 9.59 Å². The molecule has 6 nitrogen and oxygen atoms in total. The molecule has 1 aromatic carbocycles. The van der Waals surface area contributed by atoms with Crippen molar-refractivity contribution in [1.82, 2.24) is 5.32 Å². The monoisotopic (exact) mass is 302 g/mol. The Morgan fingerprint density at radius 1 is 1.14 bits per heavy atom. The van der Waals surface area contributed by atoms with Gasteiger partial charge in [-0.2, -0.15) is 0 Å². The van der Waals surface area contributed by atoms with Gasteiger partial charge in [0.25, 0.3) is 5.91 Å². The molecule has 1 aromatic rings. The van der Waals surface area contributed by atoms with Crippen molar-refractivity contribution < 1.29 is 19.5 Å². The van der Waals surface area contributed by atoms with Gasteiger partial charge in [0.1, 0.15) is 6.54 Å². The number of rotatable bonds is 5. The molecule has 0 saturated heterocycles. The van der Waals surface area contributed by atoms with Crippen molar-refractivity contribution in [3.8, 4) is 0 Å². The predicted molar refractivity (Wildman–Crippen MR) is 79.4 cm³/mol. The van der Waals surface area contributed by atoms with Gasteiger partial charge in [-0.25, -0.2) is 0 Å². The predicted octanol–water partition coefficient (Wildman–Crippen LogP) is 1.63. The number of benzene rings is 1. The van der Waals surface area contributed by atoms with Crippen LogP contribution in [-0.4, -0.2) is 29.4 Å². The largest absolute Gasteiger partial charge is 0.480 e. The first-order valence-corrected chi connectivity index (χ1v) is 7.38. The first-order valence-electron chi connectivity index (χ1n) is 7.38. The third-order valence-corrected chi connectivity index (χ3v) is 4.50. The number of hydrogen-bond acceptors (Lipinski definition) is 3. The summed E-state index contributed by atoms with van der Waals surface area (Å²) in [6.07, 6.45) is 4.51. The lowest BCUT2D eigenvalue weighted by molar-refractivity contribution is -0.135. The Hall–Kier alpha value is -2.37. The van der Waals surface area contributed by atoms with Gasteiger partial charge < -0.3 is 15.7 Å². The van der Waals surface area contributed by atoms with Crippen molar-refractivity contribution in [3.05, 3.63) is 29.8 Å². The average molecular weight is 302 g/mol. The Balaban J connectivity index is 1.51. The van der Waals surface area contributed by atoms with E-state index in [9.17, 15) is 14.4 Å². The maximum absolute atomic E-state index is 12.1. The Bertz CT molecular complexity index is 612. The van der Waals surface area contributed by atoms with Gasteiger partial charge in [0, 0.05) is 17.2 Å². The van der Waals surface area contributed by atoms with Gasteiger partial charge in [-0.05, 0) is 55.4 Å². The number of nitrogens with one attached hydrogen (secondary N) is 2. The molecule has 22 heavy (non-hydrogen) atoms. The van der Waals surface area contributed by atoms with E-state index in [-0.39, 0.29) is 11.8 Å². The summed E-state index contributed by atoms with van der Waals surface area (Å²) in [5.74, 6) is -1.39. The summed E-state index contributed by atoms with van der Waals surface area (Å²) < 4.78 is 0. The van der Waals surface area contributed by atoms with Crippen LogP contribution in [0.5, 0.6) is 0 Å². The molecule has 0 unspecified atom stereocenters. The van der Waals surface area contributed by atoms with Crippen LogP contribution in [0, 0.1) is 11.3 Å². The normalized spacial score (nSPS) is 18.4. The SMILES string of the molecule is O=C(O)CNC(=O)c1ccc(NC(=O)C2CC3(CC3)C2)cc1. The van der Waals surface area contributed by atoms with Crippen LogP contribution in [0.15, 0.2) is 24.3 Å². The molecule has 0 bridgehead atoms. The highest BCUT2D eigenvalue weighted by atomic mass is 16.4. The summed E-state index contributed by atoms with van der Waals surface area (Å²) in [4.78, 5) is 34.1. The zero-order valence-corrected chi connectivity index (χ0v) is 12.1. The number of anilines is 1. The molecule has 0 heterocycles. The van der Waals surface area contributed by atoms with E-state index in [0.29, 0.717) is 16.7 Å². The van der Waals surface area contributed by atoms with Gasteiger partial charge in [0.2, 0.25) is 5.91 Å². The van der Waals surface area contributed by atoms with E-state index in [2.05, 4.69) is 10.6 Å². The van der Waals surface area contributed by atoms with Gasteiger partial charge in [-0.1, -0.05) is 0 Å². The van der Waals surface area contributed by atoms with E-state index in [0.717, 1.165) is 12.8 Å². The molecule has 0 aliphatic heterocycles. The zero-order chi connectivity index (χ0) is 15.7. The summed E-state index contributed by atoms with van der Waals surface area (Å²) in [7, 11) is 0. The molecule has 6 heteroatoms. The molecule has 3 rings (SSSR count). The number of carboxylic acids is 1. The van der Waals surface area contributed by atoms with Crippen molar-refractivity contribution in [2.24, 2.45) is 11.3 Å². The van der Waals surface area contributed by atoms with Gasteiger partial charge >= 0.3 is 5.97 Å². The number of hydrogen-bond donors (Lipinski definition) is 3. The first-order chi connectivity index (χ1) is 10.5. The number of carboxylic acid groups (broad SMARTS) is 1. The molecule has 2 fully saturated rings. The molecule has 2 amide bonds. The smallest absolute Gasteiger partial charge is 0.322 e. The lowest BCUT2D eigenvalue weighted by Gasteiger charge is -2.34. The van der Waals surface area contributed by atoms with Gasteiger partial charge in [-0.3, -0.25) is 14.4 Å². The molecule has 0 radical (unpaired) electrons. The van der Waals surface area contributed by atoms with E-state index < -0.39 is 18.4 Å². The molecule has 3 N–H and O–H groups in total. The minimum Gasteiger partial charge on any atom is -0.480 e. The molecular weight excluding hydrogens is 284 g/mol. The summed E-state index contributed by atoms with van der Waals surface area (Å²) in [5.41, 5.74) is 1.50. The number of amides is 2. The molecule has 0 aromatic heterocycles. The molecule has 116 valence electrons. The second kappa shape index (κ2) is 5.44. The number of carbonyl (C=O) groups excluding carboxylic acids is 2. The molecule has 1 spiro atoms. The van der Waals surface area contributed by atoms with Crippen LogP contribution < -0.4 is 10.6 Å². The van der Waals surface area contributed by atoms with Crippen molar-refractivity contribution in [3.63, 3.8) is 0 Å². The van der Waals surface area contributed by atoms with Crippen LogP contribution in [0.25, 0.3) is 0 Å². The highest BCUT2D eigenvalue weighted by Gasteiger charge is 2.54. The first kappa shape index (κ1) is 14.6. The molecule has 0 atom stereocenters. The van der Waals surface area contributed by atoms with Gasteiger partial charge in [0.15, 0.2) is 0 Å². The second-order valence-corrected chi connectivity index (χ2v) is 6.25. The summed E-state index contributed by atoms with van der Waals surface area (Å²) >= 11 is 0. The van der Waals surface area contributed by atoms with E-state index in [4.69, 9.17) is 5.11 Å². The standard InChI is InChI=1S/C16H18N2O4/c19-13(20)9-17-14(21)10-1-3-12(4-2-10)18-15(22)11-7-16(8-11)5-6-16/h1-4,11H,5-9H2,(H,17,21)(H,18,22)(H,19,20). The topological polar surface area (TPSA) is 95.5 Å². The molecule has 2 aliphatic carbocycles. The molecular formula is C16H18N2O4. The van der Waals surface area contributed by atoms with Crippen LogP contribution in [0.2, 0.25) is 0 Å². The van der Waals surface area contributed by atoms with E-state index in [1.54, 1.807) is 24.3 Å². The van der Waals surface area contributed by atoms with Crippen molar-refractivity contribution in [2.45, 2.75) is 25.7 Å². The molecule has 2 aliphatic rings. The number of carbonyl (C=O) groups is 3. The average Bonchev–Trinajstić information content (AvgIpc) is 3.24. The van der Waals surface area contributed by atoms with Crippen molar-refractivity contribution in [2.75, 3.05) is 11.9 Å². The quantitative estimate of drug-likeness (QED) is 0.770. The van der Waals surface area contributed by atoms with Gasteiger partial charge in [-0.15, -0.1) is 0 Å². The minimum absolute atomic E-state index is 0.0422. The fourth-order valence-electron chi connectivity index (χ4n) is 2.96. The highest BCUT2D eigenvalue weighted by Crippen LogP contribution is 2.63. The second-order valence-electron chi connectivity index (χ2n) is 6.25. The van der Waals surface area contributed by atoms with E-state index >= 15 is 0 Å². The number of aliphatic carboxylic acids is 1. The third-order valence-electron chi connectivity index (χ3n) is 4.50. The van der Waals surface area contributed by atoms with E-state index in [1.807, 2.05) is 0 Å². The van der Waals surface area contributed by atoms with Crippen LogP contribution in [0.3, 0.4) is 0 Å². The minimum atomic E-state index is -1.09. The lowest BCUT2D eigenvalue weighted by atomic mass is 9.71. The van der Waals surface area contributed by atoms with Crippen LogP contribution in [0.4, 0.5) is 5.69 Å². The highest BCUT2D eigenvalue weighted by molar-refractivity contribution is 5.97. The summed E-state index contributed by atoms with van der Waals surface area (Å²) in [5, 5.41) is 13.7. The fraction of sp³-hybridized carbons (Fsp3) is 0.438. The van der Waals surface area contributed by atoms with Crippen LogP contribution >= 0.6 is 0 Å². The van der Waals surface area contributed by atoms with E-state index in [1.165, 1.54) is 12.8 Å². The Morgan fingerprint density at radius 3 is 2.32 bits per heavy atom. The van der Waals surface area contributed by atoms with Crippen molar-refractivity contribution >= 4 is 23.5 Å². The lowest BCUT2D eigenvalue weighted by Crippen LogP contribution is -2.35. The summed E-state index contributed by atoms with van der Waals surface area (Å²) in [6.45, 7) is -0.416. The maximum atomic E-state index is 12.1. The van der Waals surface area contributed by atoms with Crippen LogP contribution in [0.1, 0.15) is 36.0 Å².